The third-order valence-electron chi connectivity index (χ3n) is 2.23. The van der Waals surface area contributed by atoms with Crippen molar-refractivity contribution in [3.8, 4) is 0 Å². The van der Waals surface area contributed by atoms with Crippen LogP contribution in [0.3, 0.4) is 0 Å². The van der Waals surface area contributed by atoms with Gasteiger partial charge >= 0.3 is 0 Å². The van der Waals surface area contributed by atoms with E-state index >= 15 is 0 Å². The van der Waals surface area contributed by atoms with E-state index in [1.165, 1.54) is 11.3 Å². The number of alkyl halides is 1. The molecule has 1 aliphatic heterocycles. The van der Waals surface area contributed by atoms with E-state index in [4.69, 9.17) is 0 Å². The van der Waals surface area contributed by atoms with Gasteiger partial charge in [-0.3, -0.25) is 9.69 Å². The lowest BCUT2D eigenvalue weighted by atomic mass is 10.4. The second-order valence-corrected chi connectivity index (χ2v) is 5.87. The molecule has 2 heterocycles. The standard InChI is InChI=1S/C9H12BrN3OS/c1-2-3-7-11-12-9(15-7)13-5-6(10)4-8(13)14/h6H,2-5H2,1H3. The summed E-state index contributed by atoms with van der Waals surface area (Å²) in [4.78, 5) is 13.6. The quantitative estimate of drug-likeness (QED) is 0.800. The van der Waals surface area contributed by atoms with E-state index in [0.29, 0.717) is 13.0 Å². The molecule has 1 fully saturated rings. The van der Waals surface area contributed by atoms with Gasteiger partial charge in [-0.05, 0) is 6.42 Å². The zero-order valence-corrected chi connectivity index (χ0v) is 10.8. The number of aryl methyl sites for hydroxylation is 1. The van der Waals surface area contributed by atoms with Crippen LogP contribution in [-0.4, -0.2) is 27.5 Å². The molecule has 1 aromatic rings. The Labute approximate surface area is 101 Å². The van der Waals surface area contributed by atoms with E-state index < -0.39 is 0 Å². The molecule has 0 spiro atoms. The summed E-state index contributed by atoms with van der Waals surface area (Å²) in [7, 11) is 0. The Kier molecular flexibility index (Phi) is 3.35. The highest BCUT2D eigenvalue weighted by atomic mass is 79.9. The first-order chi connectivity index (χ1) is 7.20. The molecule has 0 N–H and O–H groups in total. The van der Waals surface area contributed by atoms with Gasteiger partial charge in [0.15, 0.2) is 0 Å². The Balaban J connectivity index is 2.12. The number of hydrogen-bond acceptors (Lipinski definition) is 4. The van der Waals surface area contributed by atoms with Crippen LogP contribution in [0.5, 0.6) is 0 Å². The van der Waals surface area contributed by atoms with Crippen molar-refractivity contribution in [3.05, 3.63) is 5.01 Å². The molecule has 2 rings (SSSR count). The summed E-state index contributed by atoms with van der Waals surface area (Å²) in [6.07, 6.45) is 2.56. The molecule has 1 amide bonds. The van der Waals surface area contributed by atoms with Crippen molar-refractivity contribution in [1.29, 1.82) is 0 Å². The molecule has 1 atom stereocenters. The highest BCUT2D eigenvalue weighted by Crippen LogP contribution is 2.28. The summed E-state index contributed by atoms with van der Waals surface area (Å²) in [5.41, 5.74) is 0. The minimum Gasteiger partial charge on any atom is -0.286 e. The topological polar surface area (TPSA) is 46.1 Å². The zero-order valence-electron chi connectivity index (χ0n) is 8.44. The van der Waals surface area contributed by atoms with Crippen molar-refractivity contribution in [2.45, 2.75) is 31.0 Å². The molecule has 15 heavy (non-hydrogen) atoms. The predicted molar refractivity (Wildman–Crippen MR) is 63.6 cm³/mol. The number of halogens is 1. The first kappa shape index (κ1) is 11.0. The molecule has 1 aliphatic rings. The molecule has 0 bridgehead atoms. The first-order valence-electron chi connectivity index (χ1n) is 4.97. The smallest absolute Gasteiger partial charge is 0.230 e. The summed E-state index contributed by atoms with van der Waals surface area (Å²) < 4.78 is 0. The van der Waals surface area contributed by atoms with Crippen molar-refractivity contribution in [2.24, 2.45) is 0 Å². The van der Waals surface area contributed by atoms with Crippen molar-refractivity contribution in [2.75, 3.05) is 11.4 Å². The summed E-state index contributed by atoms with van der Waals surface area (Å²) >= 11 is 4.97. The Bertz CT molecular complexity index is 368. The molecular weight excluding hydrogens is 278 g/mol. The molecule has 6 heteroatoms. The van der Waals surface area contributed by atoms with Gasteiger partial charge < -0.3 is 0 Å². The minimum atomic E-state index is 0.135. The van der Waals surface area contributed by atoms with Crippen LogP contribution in [0, 0.1) is 0 Å². The minimum absolute atomic E-state index is 0.135. The maximum atomic E-state index is 11.6. The van der Waals surface area contributed by atoms with E-state index in [2.05, 4.69) is 33.1 Å². The average molecular weight is 290 g/mol. The lowest BCUT2D eigenvalue weighted by Crippen LogP contribution is -2.24. The fraction of sp³-hybridized carbons (Fsp3) is 0.667. The molecular formula is C9H12BrN3OS. The highest BCUT2D eigenvalue weighted by Gasteiger charge is 2.30. The predicted octanol–water partition coefficient (Wildman–Crippen LogP) is 1.99. The van der Waals surface area contributed by atoms with E-state index in [0.717, 1.165) is 23.0 Å². The number of carbonyl (C=O) groups is 1. The maximum absolute atomic E-state index is 11.6. The lowest BCUT2D eigenvalue weighted by molar-refractivity contribution is -0.117. The molecule has 82 valence electrons. The highest BCUT2D eigenvalue weighted by molar-refractivity contribution is 9.09. The second kappa shape index (κ2) is 4.57. The second-order valence-electron chi connectivity index (χ2n) is 3.53. The van der Waals surface area contributed by atoms with E-state index in [9.17, 15) is 4.79 Å². The third kappa shape index (κ3) is 2.36. The monoisotopic (exact) mass is 289 g/mol. The molecule has 0 aromatic carbocycles. The summed E-state index contributed by atoms with van der Waals surface area (Å²) in [5, 5.41) is 9.88. The summed E-state index contributed by atoms with van der Waals surface area (Å²) in [6.45, 7) is 2.82. The van der Waals surface area contributed by atoms with Crippen molar-refractivity contribution < 1.29 is 4.79 Å². The van der Waals surface area contributed by atoms with Crippen LogP contribution in [0.25, 0.3) is 0 Å². The van der Waals surface area contributed by atoms with Gasteiger partial charge in [0.25, 0.3) is 0 Å². The molecule has 1 unspecified atom stereocenters. The number of hydrogen-bond donors (Lipinski definition) is 0. The number of anilines is 1. The van der Waals surface area contributed by atoms with Crippen LogP contribution in [0.4, 0.5) is 5.13 Å². The van der Waals surface area contributed by atoms with Crippen molar-refractivity contribution in [1.82, 2.24) is 10.2 Å². The van der Waals surface area contributed by atoms with Crippen LogP contribution in [0.15, 0.2) is 0 Å². The van der Waals surface area contributed by atoms with Gasteiger partial charge in [0.05, 0.1) is 0 Å². The Hall–Kier alpha value is -0.490. The lowest BCUT2D eigenvalue weighted by Gasteiger charge is -2.09. The van der Waals surface area contributed by atoms with Crippen LogP contribution in [0.1, 0.15) is 24.8 Å². The molecule has 0 saturated carbocycles. The van der Waals surface area contributed by atoms with Crippen LogP contribution >= 0.6 is 27.3 Å². The number of nitrogens with zero attached hydrogens (tertiary/aromatic N) is 3. The van der Waals surface area contributed by atoms with E-state index in [1.54, 1.807) is 4.90 Å². The van der Waals surface area contributed by atoms with Gasteiger partial charge in [0.1, 0.15) is 5.01 Å². The van der Waals surface area contributed by atoms with E-state index in [-0.39, 0.29) is 10.7 Å². The van der Waals surface area contributed by atoms with Gasteiger partial charge in [-0.1, -0.05) is 34.2 Å². The SMILES string of the molecule is CCCc1nnc(N2CC(Br)CC2=O)s1. The van der Waals surface area contributed by atoms with Crippen molar-refractivity contribution >= 4 is 38.3 Å². The number of carbonyl (C=O) groups excluding carboxylic acids is 1. The number of rotatable bonds is 3. The fourth-order valence-corrected chi connectivity index (χ4v) is 3.05. The van der Waals surface area contributed by atoms with Gasteiger partial charge in [-0.15, -0.1) is 10.2 Å². The summed E-state index contributed by atoms with van der Waals surface area (Å²) in [6, 6.07) is 0. The van der Waals surface area contributed by atoms with Gasteiger partial charge in [-0.2, -0.15) is 0 Å². The third-order valence-corrected chi connectivity index (χ3v) is 3.85. The Morgan fingerprint density at radius 2 is 2.40 bits per heavy atom. The summed E-state index contributed by atoms with van der Waals surface area (Å²) in [5.74, 6) is 0.135. The van der Waals surface area contributed by atoms with Gasteiger partial charge in [0, 0.05) is 24.2 Å². The molecule has 0 radical (unpaired) electrons. The fourth-order valence-electron chi connectivity index (χ4n) is 1.52. The number of aromatic nitrogens is 2. The van der Waals surface area contributed by atoms with Crippen LogP contribution in [0.2, 0.25) is 0 Å². The average Bonchev–Trinajstić information content (AvgIpc) is 2.73. The largest absolute Gasteiger partial charge is 0.286 e. The molecule has 1 aromatic heterocycles. The first-order valence-corrected chi connectivity index (χ1v) is 6.70. The maximum Gasteiger partial charge on any atom is 0.230 e. The molecule has 4 nitrogen and oxygen atoms in total. The van der Waals surface area contributed by atoms with Crippen LogP contribution in [-0.2, 0) is 11.2 Å². The molecule has 1 saturated heterocycles. The van der Waals surface area contributed by atoms with Gasteiger partial charge in [0.2, 0.25) is 11.0 Å². The molecule has 0 aliphatic carbocycles. The number of amides is 1. The van der Waals surface area contributed by atoms with Gasteiger partial charge in [-0.25, -0.2) is 0 Å². The van der Waals surface area contributed by atoms with Crippen molar-refractivity contribution in [3.63, 3.8) is 0 Å². The zero-order chi connectivity index (χ0) is 10.8. The Morgan fingerprint density at radius 3 is 3.00 bits per heavy atom. The van der Waals surface area contributed by atoms with E-state index in [1.807, 2.05) is 0 Å². The normalized spacial score (nSPS) is 21.3. The Morgan fingerprint density at radius 1 is 1.60 bits per heavy atom. The van der Waals surface area contributed by atoms with Crippen LogP contribution < -0.4 is 4.90 Å².